The molecule has 0 aliphatic rings. The molecule has 0 saturated heterocycles. The highest BCUT2D eigenvalue weighted by Crippen LogP contribution is 2.19. The Kier molecular flexibility index (Phi) is 3.00. The summed E-state index contributed by atoms with van der Waals surface area (Å²) in [6.45, 7) is 1.94. The zero-order chi connectivity index (χ0) is 10.7. The molecular formula is C9H11N5S. The van der Waals surface area contributed by atoms with Crippen LogP contribution in [-0.2, 0) is 0 Å². The van der Waals surface area contributed by atoms with Crippen LogP contribution in [0.15, 0.2) is 23.7 Å². The Labute approximate surface area is 91.5 Å². The van der Waals surface area contributed by atoms with Crippen LogP contribution in [0.25, 0.3) is 0 Å². The van der Waals surface area contributed by atoms with Gasteiger partial charge in [0.15, 0.2) is 0 Å². The predicted octanol–water partition coefficient (Wildman–Crippen LogP) is 0.794. The molecule has 0 aliphatic heterocycles. The molecule has 1 atom stereocenters. The molecule has 6 heteroatoms. The molecule has 0 aliphatic carbocycles. The van der Waals surface area contributed by atoms with Crippen LogP contribution in [-0.4, -0.2) is 14.6 Å². The molecule has 15 heavy (non-hydrogen) atoms. The summed E-state index contributed by atoms with van der Waals surface area (Å²) < 4.78 is 3.81. The molecule has 0 saturated carbocycles. The molecule has 0 spiro atoms. The number of hydrogen-bond donors (Lipinski definition) is 2. The Morgan fingerprint density at radius 3 is 2.87 bits per heavy atom. The van der Waals surface area contributed by atoms with Crippen LogP contribution < -0.4 is 11.3 Å². The highest BCUT2D eigenvalue weighted by atomic mass is 32.1. The van der Waals surface area contributed by atoms with Crippen molar-refractivity contribution in [2.45, 2.75) is 13.0 Å². The zero-order valence-corrected chi connectivity index (χ0v) is 9.03. The predicted molar refractivity (Wildman–Crippen MR) is 58.0 cm³/mol. The summed E-state index contributed by atoms with van der Waals surface area (Å²) in [5, 5.41) is 5.85. The van der Waals surface area contributed by atoms with Crippen LogP contribution >= 0.6 is 11.5 Å². The van der Waals surface area contributed by atoms with Crippen LogP contribution in [0.5, 0.6) is 0 Å². The minimum Gasteiger partial charge on any atom is -0.271 e. The maximum atomic E-state index is 5.49. The highest BCUT2D eigenvalue weighted by Gasteiger charge is 2.14. The van der Waals surface area contributed by atoms with Gasteiger partial charge in [0, 0.05) is 17.3 Å². The Morgan fingerprint density at radius 1 is 1.47 bits per heavy atom. The van der Waals surface area contributed by atoms with Crippen molar-refractivity contribution >= 4 is 11.5 Å². The van der Waals surface area contributed by atoms with E-state index in [1.807, 2.05) is 24.4 Å². The van der Waals surface area contributed by atoms with Crippen LogP contribution in [0.3, 0.4) is 0 Å². The molecule has 2 aromatic heterocycles. The number of nitrogens with one attached hydrogen (secondary N) is 1. The van der Waals surface area contributed by atoms with E-state index in [1.54, 1.807) is 6.20 Å². The first-order valence-corrected chi connectivity index (χ1v) is 5.30. The number of hydrazine groups is 1. The van der Waals surface area contributed by atoms with Gasteiger partial charge in [-0.25, -0.2) is 5.43 Å². The molecule has 2 heterocycles. The van der Waals surface area contributed by atoms with E-state index in [4.69, 9.17) is 5.84 Å². The summed E-state index contributed by atoms with van der Waals surface area (Å²) in [6, 6.07) is 3.78. The Bertz CT molecular complexity index is 411. The topological polar surface area (TPSA) is 76.7 Å². The first-order chi connectivity index (χ1) is 7.31. The van der Waals surface area contributed by atoms with Gasteiger partial charge < -0.3 is 0 Å². The Hall–Kier alpha value is -1.37. The minimum absolute atomic E-state index is 0.142. The van der Waals surface area contributed by atoms with Gasteiger partial charge in [-0.15, -0.1) is 5.10 Å². The second-order valence-corrected chi connectivity index (χ2v) is 3.77. The van der Waals surface area contributed by atoms with Crippen molar-refractivity contribution in [2.75, 3.05) is 0 Å². The van der Waals surface area contributed by atoms with Gasteiger partial charge in [-0.1, -0.05) is 10.6 Å². The van der Waals surface area contributed by atoms with Crippen molar-refractivity contribution < 1.29 is 0 Å². The van der Waals surface area contributed by atoms with Crippen molar-refractivity contribution in [2.24, 2.45) is 5.84 Å². The van der Waals surface area contributed by atoms with Crippen LogP contribution in [0.1, 0.15) is 23.0 Å². The molecule has 78 valence electrons. The quantitative estimate of drug-likeness (QED) is 0.592. The van der Waals surface area contributed by atoms with E-state index in [0.717, 1.165) is 17.0 Å². The normalized spacial score (nSPS) is 12.7. The second kappa shape index (κ2) is 4.43. The average molecular weight is 221 g/mol. The molecule has 0 fully saturated rings. The number of nitrogens with two attached hydrogens (primary N) is 1. The smallest absolute Gasteiger partial charge is 0.0983 e. The third kappa shape index (κ3) is 2.17. The zero-order valence-electron chi connectivity index (χ0n) is 8.21. The molecular weight excluding hydrogens is 210 g/mol. The summed E-state index contributed by atoms with van der Waals surface area (Å²) in [5.41, 5.74) is 5.48. The van der Waals surface area contributed by atoms with Gasteiger partial charge in [0.25, 0.3) is 0 Å². The second-order valence-electron chi connectivity index (χ2n) is 3.16. The first kappa shape index (κ1) is 10.2. The average Bonchev–Trinajstić information content (AvgIpc) is 2.75. The van der Waals surface area contributed by atoms with Gasteiger partial charge in [0.1, 0.15) is 0 Å². The summed E-state index contributed by atoms with van der Waals surface area (Å²) in [4.78, 5) is 4.22. The molecule has 5 nitrogen and oxygen atoms in total. The van der Waals surface area contributed by atoms with Crippen molar-refractivity contribution in [1.82, 2.24) is 20.0 Å². The van der Waals surface area contributed by atoms with Crippen molar-refractivity contribution in [3.8, 4) is 0 Å². The minimum atomic E-state index is -0.142. The van der Waals surface area contributed by atoms with Gasteiger partial charge in [-0.3, -0.25) is 10.8 Å². The standard InChI is InChI=1S/C9H11N5S/c1-6-2-3-7(4-11-6)9(12-10)8-5-15-14-13-8/h2-5,9,12H,10H2,1H3. The lowest BCUT2D eigenvalue weighted by atomic mass is 10.1. The molecule has 0 aromatic carbocycles. The third-order valence-corrected chi connectivity index (χ3v) is 2.63. The molecule has 2 aromatic rings. The summed E-state index contributed by atoms with van der Waals surface area (Å²) in [6.07, 6.45) is 1.79. The van der Waals surface area contributed by atoms with Crippen LogP contribution in [0.4, 0.5) is 0 Å². The number of nitrogens with zero attached hydrogens (tertiary/aromatic N) is 3. The number of pyridine rings is 1. The van der Waals surface area contributed by atoms with Gasteiger partial charge in [0.05, 0.1) is 11.7 Å². The Morgan fingerprint density at radius 2 is 2.33 bits per heavy atom. The lowest BCUT2D eigenvalue weighted by Crippen LogP contribution is -2.29. The van der Waals surface area contributed by atoms with E-state index < -0.39 is 0 Å². The number of aryl methyl sites for hydroxylation is 1. The molecule has 0 amide bonds. The maximum Gasteiger partial charge on any atom is 0.0983 e. The van der Waals surface area contributed by atoms with E-state index >= 15 is 0 Å². The number of aromatic nitrogens is 3. The highest BCUT2D eigenvalue weighted by molar-refractivity contribution is 7.03. The monoisotopic (exact) mass is 221 g/mol. The van der Waals surface area contributed by atoms with Gasteiger partial charge in [-0.05, 0) is 30.1 Å². The lowest BCUT2D eigenvalue weighted by Gasteiger charge is -2.12. The van der Waals surface area contributed by atoms with E-state index in [9.17, 15) is 0 Å². The van der Waals surface area contributed by atoms with E-state index in [0.29, 0.717) is 0 Å². The van der Waals surface area contributed by atoms with Crippen molar-refractivity contribution in [3.05, 3.63) is 40.7 Å². The van der Waals surface area contributed by atoms with Crippen LogP contribution in [0.2, 0.25) is 0 Å². The fourth-order valence-electron chi connectivity index (χ4n) is 1.30. The number of hydrogen-bond acceptors (Lipinski definition) is 6. The molecule has 0 bridgehead atoms. The van der Waals surface area contributed by atoms with Crippen molar-refractivity contribution in [3.63, 3.8) is 0 Å². The molecule has 2 rings (SSSR count). The van der Waals surface area contributed by atoms with E-state index in [2.05, 4.69) is 20.0 Å². The number of rotatable bonds is 3. The summed E-state index contributed by atoms with van der Waals surface area (Å²) >= 11 is 1.30. The lowest BCUT2D eigenvalue weighted by molar-refractivity contribution is 0.616. The largest absolute Gasteiger partial charge is 0.271 e. The SMILES string of the molecule is Cc1ccc(C(NN)c2csnn2)cn1. The van der Waals surface area contributed by atoms with Crippen LogP contribution in [0, 0.1) is 6.92 Å². The third-order valence-electron chi connectivity index (χ3n) is 2.11. The van der Waals surface area contributed by atoms with Gasteiger partial charge >= 0.3 is 0 Å². The molecule has 1 unspecified atom stereocenters. The molecule has 3 N–H and O–H groups in total. The van der Waals surface area contributed by atoms with Gasteiger partial charge in [0.2, 0.25) is 0 Å². The van der Waals surface area contributed by atoms with E-state index in [1.165, 1.54) is 11.5 Å². The Balaban J connectivity index is 2.31. The first-order valence-electron chi connectivity index (χ1n) is 4.47. The summed E-state index contributed by atoms with van der Waals surface area (Å²) in [5.74, 6) is 5.49. The van der Waals surface area contributed by atoms with Crippen molar-refractivity contribution in [1.29, 1.82) is 0 Å². The van der Waals surface area contributed by atoms with Gasteiger partial charge in [-0.2, -0.15) is 0 Å². The molecule has 0 radical (unpaired) electrons. The fraction of sp³-hybridized carbons (Fsp3) is 0.222. The fourth-order valence-corrected chi connectivity index (χ4v) is 1.78. The van der Waals surface area contributed by atoms with E-state index in [-0.39, 0.29) is 6.04 Å². The maximum absolute atomic E-state index is 5.49. The summed E-state index contributed by atoms with van der Waals surface area (Å²) in [7, 11) is 0.